The zero-order valence-electron chi connectivity index (χ0n) is 11.3. The average Bonchev–Trinajstić information content (AvgIpc) is 2.71. The molecular weight excluding hydrogens is 282 g/mol. The van der Waals surface area contributed by atoms with Crippen LogP contribution in [0.15, 0.2) is 18.2 Å². The molecule has 7 heteroatoms. The minimum absolute atomic E-state index is 0.0760. The maximum Gasteiger partial charge on any atom is 0.319 e. The van der Waals surface area contributed by atoms with Crippen molar-refractivity contribution in [3.05, 3.63) is 23.2 Å². The van der Waals surface area contributed by atoms with Gasteiger partial charge >= 0.3 is 6.03 Å². The molecule has 1 heterocycles. The molecule has 2 rings (SSSR count). The molecule has 1 atom stereocenters. The molecule has 1 unspecified atom stereocenters. The van der Waals surface area contributed by atoms with Gasteiger partial charge in [-0.25, -0.2) is 4.79 Å². The SMILES string of the molecule is COc1ccc(NC(=O)NC2CCN(C)C2=O)cc1Cl. The first kappa shape index (κ1) is 14.5. The van der Waals surface area contributed by atoms with Crippen molar-refractivity contribution in [2.75, 3.05) is 26.0 Å². The summed E-state index contributed by atoms with van der Waals surface area (Å²) < 4.78 is 5.03. The number of anilines is 1. The first-order valence-corrected chi connectivity index (χ1v) is 6.55. The molecule has 1 aliphatic heterocycles. The van der Waals surface area contributed by atoms with E-state index in [1.807, 2.05) is 0 Å². The van der Waals surface area contributed by atoms with E-state index in [1.54, 1.807) is 30.1 Å². The Hall–Kier alpha value is -1.95. The zero-order chi connectivity index (χ0) is 14.7. The van der Waals surface area contributed by atoms with Crippen molar-refractivity contribution in [2.24, 2.45) is 0 Å². The van der Waals surface area contributed by atoms with Gasteiger partial charge in [0.25, 0.3) is 0 Å². The highest BCUT2D eigenvalue weighted by atomic mass is 35.5. The van der Waals surface area contributed by atoms with Crippen LogP contribution < -0.4 is 15.4 Å². The Balaban J connectivity index is 1.95. The fourth-order valence-corrected chi connectivity index (χ4v) is 2.28. The van der Waals surface area contributed by atoms with Crippen LogP contribution in [0, 0.1) is 0 Å². The summed E-state index contributed by atoms with van der Waals surface area (Å²) in [6, 6.07) is 4.02. The summed E-state index contributed by atoms with van der Waals surface area (Å²) in [4.78, 5) is 25.1. The monoisotopic (exact) mass is 297 g/mol. The van der Waals surface area contributed by atoms with Crippen LogP contribution in [-0.4, -0.2) is 43.6 Å². The van der Waals surface area contributed by atoms with Gasteiger partial charge in [0.1, 0.15) is 11.8 Å². The lowest BCUT2D eigenvalue weighted by atomic mass is 10.2. The molecule has 0 radical (unpaired) electrons. The molecule has 0 spiro atoms. The molecule has 0 saturated carbocycles. The summed E-state index contributed by atoms with van der Waals surface area (Å²) in [5, 5.41) is 5.68. The van der Waals surface area contributed by atoms with Gasteiger partial charge in [-0.15, -0.1) is 0 Å². The zero-order valence-corrected chi connectivity index (χ0v) is 12.0. The van der Waals surface area contributed by atoms with E-state index in [2.05, 4.69) is 10.6 Å². The predicted molar refractivity (Wildman–Crippen MR) is 76.2 cm³/mol. The van der Waals surface area contributed by atoms with Gasteiger partial charge in [0.05, 0.1) is 12.1 Å². The van der Waals surface area contributed by atoms with Gasteiger partial charge in [0, 0.05) is 19.3 Å². The predicted octanol–water partition coefficient (Wildman–Crippen LogP) is 1.70. The molecule has 0 aliphatic carbocycles. The van der Waals surface area contributed by atoms with Gasteiger partial charge in [-0.1, -0.05) is 11.6 Å². The lowest BCUT2D eigenvalue weighted by Crippen LogP contribution is -2.42. The summed E-state index contributed by atoms with van der Waals surface area (Å²) in [6.45, 7) is 0.651. The molecular formula is C13H16ClN3O3. The van der Waals surface area contributed by atoms with Gasteiger partial charge in [-0.3, -0.25) is 4.79 Å². The van der Waals surface area contributed by atoms with Crippen LogP contribution in [-0.2, 0) is 4.79 Å². The molecule has 6 nitrogen and oxygen atoms in total. The lowest BCUT2D eigenvalue weighted by Gasteiger charge is -2.13. The Bertz CT molecular complexity index is 536. The summed E-state index contributed by atoms with van der Waals surface area (Å²) in [7, 11) is 3.23. The number of nitrogens with zero attached hydrogens (tertiary/aromatic N) is 1. The molecule has 1 aliphatic rings. The molecule has 1 fully saturated rings. The number of carbonyl (C=O) groups excluding carboxylic acids is 2. The normalized spacial score (nSPS) is 18.1. The third kappa shape index (κ3) is 3.14. The summed E-state index contributed by atoms with van der Waals surface area (Å²) in [5.74, 6) is 0.457. The van der Waals surface area contributed by atoms with Crippen LogP contribution in [0.2, 0.25) is 5.02 Å². The highest BCUT2D eigenvalue weighted by molar-refractivity contribution is 6.32. The molecule has 0 aromatic heterocycles. The minimum Gasteiger partial charge on any atom is -0.495 e. The Morgan fingerprint density at radius 3 is 2.80 bits per heavy atom. The average molecular weight is 298 g/mol. The largest absolute Gasteiger partial charge is 0.495 e. The number of carbonyl (C=O) groups is 2. The van der Waals surface area contributed by atoms with Crippen LogP contribution >= 0.6 is 11.6 Å². The fraction of sp³-hybridized carbons (Fsp3) is 0.385. The van der Waals surface area contributed by atoms with E-state index in [0.717, 1.165) is 0 Å². The van der Waals surface area contributed by atoms with Crippen molar-refractivity contribution >= 4 is 29.2 Å². The van der Waals surface area contributed by atoms with E-state index in [0.29, 0.717) is 29.4 Å². The highest BCUT2D eigenvalue weighted by Gasteiger charge is 2.30. The number of amides is 3. The van der Waals surface area contributed by atoms with E-state index in [-0.39, 0.29) is 5.91 Å². The number of ether oxygens (including phenoxy) is 1. The number of hydrogen-bond donors (Lipinski definition) is 2. The summed E-state index contributed by atoms with van der Waals surface area (Å²) in [6.07, 6.45) is 0.617. The van der Waals surface area contributed by atoms with Gasteiger partial charge in [0.15, 0.2) is 0 Å². The van der Waals surface area contributed by atoms with Crippen LogP contribution in [0.25, 0.3) is 0 Å². The lowest BCUT2D eigenvalue weighted by molar-refractivity contribution is -0.128. The molecule has 1 saturated heterocycles. The van der Waals surface area contributed by atoms with E-state index in [9.17, 15) is 9.59 Å². The molecule has 108 valence electrons. The number of hydrogen-bond acceptors (Lipinski definition) is 3. The molecule has 1 aromatic rings. The molecule has 1 aromatic carbocycles. The topological polar surface area (TPSA) is 70.7 Å². The Kier molecular flexibility index (Phi) is 4.34. The van der Waals surface area contributed by atoms with Crippen LogP contribution in [0.5, 0.6) is 5.75 Å². The Labute approximate surface area is 122 Å². The molecule has 2 N–H and O–H groups in total. The number of urea groups is 1. The number of rotatable bonds is 3. The van der Waals surface area contributed by atoms with E-state index < -0.39 is 12.1 Å². The van der Waals surface area contributed by atoms with Gasteiger partial charge in [0.2, 0.25) is 5.91 Å². The van der Waals surface area contributed by atoms with Crippen LogP contribution in [0.1, 0.15) is 6.42 Å². The van der Waals surface area contributed by atoms with Gasteiger partial charge in [-0.05, 0) is 24.6 Å². The molecule has 0 bridgehead atoms. The van der Waals surface area contributed by atoms with Crippen LogP contribution in [0.3, 0.4) is 0 Å². The van der Waals surface area contributed by atoms with E-state index in [4.69, 9.17) is 16.3 Å². The second-order valence-electron chi connectivity index (χ2n) is 4.55. The highest BCUT2D eigenvalue weighted by Crippen LogP contribution is 2.27. The van der Waals surface area contributed by atoms with Crippen molar-refractivity contribution in [2.45, 2.75) is 12.5 Å². The maximum absolute atomic E-state index is 11.8. The fourth-order valence-electron chi connectivity index (χ4n) is 2.03. The number of likely N-dealkylation sites (tertiary alicyclic amines) is 1. The third-order valence-electron chi connectivity index (χ3n) is 3.14. The number of nitrogens with one attached hydrogen (secondary N) is 2. The van der Waals surface area contributed by atoms with Crippen molar-refractivity contribution in [1.82, 2.24) is 10.2 Å². The van der Waals surface area contributed by atoms with Crippen molar-refractivity contribution in [1.29, 1.82) is 0 Å². The smallest absolute Gasteiger partial charge is 0.319 e. The second kappa shape index (κ2) is 6.00. The van der Waals surface area contributed by atoms with Gasteiger partial charge < -0.3 is 20.3 Å². The Morgan fingerprint density at radius 2 is 2.25 bits per heavy atom. The van der Waals surface area contributed by atoms with Crippen molar-refractivity contribution in [3.8, 4) is 5.75 Å². The second-order valence-corrected chi connectivity index (χ2v) is 4.96. The summed E-state index contributed by atoms with van der Waals surface area (Å²) in [5.41, 5.74) is 0.534. The van der Waals surface area contributed by atoms with Crippen LogP contribution in [0.4, 0.5) is 10.5 Å². The maximum atomic E-state index is 11.8. The molecule has 20 heavy (non-hydrogen) atoms. The number of likely N-dealkylation sites (N-methyl/N-ethyl adjacent to an activating group) is 1. The quantitative estimate of drug-likeness (QED) is 0.892. The Morgan fingerprint density at radius 1 is 1.50 bits per heavy atom. The summed E-state index contributed by atoms with van der Waals surface area (Å²) >= 11 is 5.97. The van der Waals surface area contributed by atoms with Gasteiger partial charge in [-0.2, -0.15) is 0 Å². The van der Waals surface area contributed by atoms with Crippen molar-refractivity contribution < 1.29 is 14.3 Å². The van der Waals surface area contributed by atoms with Crippen molar-refractivity contribution in [3.63, 3.8) is 0 Å². The first-order valence-electron chi connectivity index (χ1n) is 6.17. The number of methoxy groups -OCH3 is 1. The van der Waals surface area contributed by atoms with E-state index >= 15 is 0 Å². The minimum atomic E-state index is -0.464. The van der Waals surface area contributed by atoms with E-state index in [1.165, 1.54) is 7.11 Å². The standard InChI is InChI=1S/C13H16ClN3O3/c1-17-6-5-10(12(17)18)16-13(19)15-8-3-4-11(20-2)9(14)7-8/h3-4,7,10H,5-6H2,1-2H3,(H2,15,16,19). The first-order chi connectivity index (χ1) is 9.51. The number of halogens is 1. The number of benzene rings is 1. The third-order valence-corrected chi connectivity index (χ3v) is 3.44. The molecule has 3 amide bonds.